The maximum absolute atomic E-state index is 13.2. The largest absolute Gasteiger partial charge is 0.358 e. The van der Waals surface area contributed by atoms with Gasteiger partial charge >= 0.3 is 0 Å². The monoisotopic (exact) mass is 342 g/mol. The van der Waals surface area contributed by atoms with Gasteiger partial charge in [0.15, 0.2) is 0 Å². The number of carbonyl (C=O) groups excluding carboxylic acids is 1. The molecular formula is C19H16ClFN2O. The number of aryl methyl sites for hydroxylation is 1. The minimum Gasteiger partial charge on any atom is -0.358 e. The van der Waals surface area contributed by atoms with E-state index in [0.29, 0.717) is 12.1 Å². The highest BCUT2D eigenvalue weighted by molar-refractivity contribution is 6.31. The van der Waals surface area contributed by atoms with Crippen molar-refractivity contribution in [2.24, 2.45) is 5.92 Å². The summed E-state index contributed by atoms with van der Waals surface area (Å²) in [6.07, 6.45) is 2.35. The lowest BCUT2D eigenvalue weighted by atomic mass is 9.86. The highest BCUT2D eigenvalue weighted by atomic mass is 35.5. The van der Waals surface area contributed by atoms with Crippen molar-refractivity contribution < 1.29 is 9.18 Å². The predicted molar refractivity (Wildman–Crippen MR) is 93.9 cm³/mol. The van der Waals surface area contributed by atoms with Crippen LogP contribution in [0.2, 0.25) is 5.02 Å². The number of amides is 1. The third kappa shape index (κ3) is 2.67. The lowest BCUT2D eigenvalue weighted by Crippen LogP contribution is -2.28. The summed E-state index contributed by atoms with van der Waals surface area (Å²) in [5.41, 5.74) is 4.10. The summed E-state index contributed by atoms with van der Waals surface area (Å²) in [7, 11) is 0. The van der Waals surface area contributed by atoms with E-state index in [0.717, 1.165) is 18.4 Å². The number of hydrogen-bond acceptors (Lipinski definition) is 1. The Bertz CT molecular complexity index is 934. The molecule has 1 aromatic heterocycles. The highest BCUT2D eigenvalue weighted by Gasteiger charge is 2.27. The van der Waals surface area contributed by atoms with E-state index in [1.165, 1.54) is 34.8 Å². The first-order chi connectivity index (χ1) is 11.6. The van der Waals surface area contributed by atoms with Gasteiger partial charge in [0.05, 0.1) is 5.02 Å². The molecule has 3 nitrogen and oxygen atoms in total. The van der Waals surface area contributed by atoms with Gasteiger partial charge in [-0.05, 0) is 49.1 Å². The number of halogens is 2. The van der Waals surface area contributed by atoms with Crippen molar-refractivity contribution in [3.8, 4) is 0 Å². The first-order valence-electron chi connectivity index (χ1n) is 7.96. The number of aromatic amines is 1. The van der Waals surface area contributed by atoms with Crippen molar-refractivity contribution >= 4 is 34.1 Å². The molecule has 1 atom stereocenters. The average molecular weight is 343 g/mol. The van der Waals surface area contributed by atoms with Crippen molar-refractivity contribution in [1.29, 1.82) is 0 Å². The number of rotatable bonds is 2. The van der Waals surface area contributed by atoms with E-state index in [1.807, 2.05) is 12.1 Å². The fourth-order valence-corrected chi connectivity index (χ4v) is 3.59. The molecule has 24 heavy (non-hydrogen) atoms. The average Bonchev–Trinajstić information content (AvgIpc) is 2.96. The summed E-state index contributed by atoms with van der Waals surface area (Å²) in [5.74, 6) is -0.634. The fraction of sp³-hybridized carbons (Fsp3) is 0.211. The second kappa shape index (κ2) is 5.95. The van der Waals surface area contributed by atoms with Gasteiger partial charge in [0.25, 0.3) is 0 Å². The molecule has 122 valence electrons. The summed E-state index contributed by atoms with van der Waals surface area (Å²) in [6.45, 7) is 0. The molecule has 1 unspecified atom stereocenters. The van der Waals surface area contributed by atoms with Crippen LogP contribution in [0.4, 0.5) is 10.1 Å². The van der Waals surface area contributed by atoms with Crippen molar-refractivity contribution in [2.45, 2.75) is 19.3 Å². The molecular weight excluding hydrogens is 327 g/mol. The Morgan fingerprint density at radius 3 is 2.92 bits per heavy atom. The molecule has 0 spiro atoms. The van der Waals surface area contributed by atoms with Gasteiger partial charge in [-0.25, -0.2) is 4.39 Å². The molecule has 1 aliphatic carbocycles. The molecule has 0 saturated carbocycles. The van der Waals surface area contributed by atoms with Gasteiger partial charge in [0, 0.05) is 28.2 Å². The highest BCUT2D eigenvalue weighted by Crippen LogP contribution is 2.32. The minimum absolute atomic E-state index is 0.00959. The molecule has 1 amide bonds. The lowest BCUT2D eigenvalue weighted by Gasteiger charge is -2.22. The first-order valence-corrected chi connectivity index (χ1v) is 8.34. The van der Waals surface area contributed by atoms with Gasteiger partial charge in [-0.3, -0.25) is 4.79 Å². The number of fused-ring (bicyclic) bond motifs is 3. The van der Waals surface area contributed by atoms with Crippen molar-refractivity contribution in [2.75, 3.05) is 5.32 Å². The standard InChI is InChI=1S/C19H16ClFN2O/c20-15-10-12(6-7-16(15)21)22-19(24)11-5-8-18-14(9-11)13-3-1-2-4-17(13)23-18/h1-4,6-7,10-11,23H,5,8-9H2,(H,22,24). The molecule has 0 bridgehead atoms. The molecule has 4 rings (SSSR count). The normalized spacial score (nSPS) is 16.8. The number of nitrogens with one attached hydrogen (secondary N) is 2. The van der Waals surface area contributed by atoms with Crippen LogP contribution in [-0.4, -0.2) is 10.9 Å². The Kier molecular flexibility index (Phi) is 3.77. The molecule has 2 N–H and O–H groups in total. The number of hydrogen-bond donors (Lipinski definition) is 2. The van der Waals surface area contributed by atoms with E-state index in [1.54, 1.807) is 0 Å². The molecule has 1 heterocycles. The van der Waals surface area contributed by atoms with Gasteiger partial charge in [-0.15, -0.1) is 0 Å². The van der Waals surface area contributed by atoms with Gasteiger partial charge in [-0.1, -0.05) is 29.8 Å². The number of carbonyl (C=O) groups is 1. The zero-order chi connectivity index (χ0) is 16.7. The van der Waals surface area contributed by atoms with Crippen LogP contribution in [0.15, 0.2) is 42.5 Å². The molecule has 0 saturated heterocycles. The van der Waals surface area contributed by atoms with Crippen LogP contribution >= 0.6 is 11.6 Å². The maximum Gasteiger partial charge on any atom is 0.227 e. The van der Waals surface area contributed by atoms with Crippen LogP contribution in [0.5, 0.6) is 0 Å². The molecule has 5 heteroatoms. The van der Waals surface area contributed by atoms with E-state index >= 15 is 0 Å². The second-order valence-electron chi connectivity index (χ2n) is 6.19. The molecule has 3 aromatic rings. The fourth-order valence-electron chi connectivity index (χ4n) is 3.41. The van der Waals surface area contributed by atoms with E-state index in [2.05, 4.69) is 22.4 Å². The van der Waals surface area contributed by atoms with Gasteiger partial charge < -0.3 is 10.3 Å². The van der Waals surface area contributed by atoms with E-state index in [-0.39, 0.29) is 16.8 Å². The van der Waals surface area contributed by atoms with Crippen LogP contribution in [0.1, 0.15) is 17.7 Å². The molecule has 0 radical (unpaired) electrons. The zero-order valence-corrected chi connectivity index (χ0v) is 13.7. The predicted octanol–water partition coefficient (Wildman–Crippen LogP) is 4.70. The minimum atomic E-state index is -0.490. The summed E-state index contributed by atoms with van der Waals surface area (Å²) < 4.78 is 13.2. The summed E-state index contributed by atoms with van der Waals surface area (Å²) in [6, 6.07) is 12.4. The number of para-hydroxylation sites is 1. The number of benzene rings is 2. The van der Waals surface area contributed by atoms with Crippen LogP contribution in [-0.2, 0) is 17.6 Å². The summed E-state index contributed by atoms with van der Waals surface area (Å²) >= 11 is 5.77. The molecule has 0 fully saturated rings. The van der Waals surface area contributed by atoms with Crippen LogP contribution in [0.3, 0.4) is 0 Å². The van der Waals surface area contributed by atoms with Crippen molar-refractivity contribution in [1.82, 2.24) is 4.98 Å². The van der Waals surface area contributed by atoms with Crippen molar-refractivity contribution in [3.05, 3.63) is 64.6 Å². The maximum atomic E-state index is 13.2. The van der Waals surface area contributed by atoms with Gasteiger partial charge in [0.1, 0.15) is 5.82 Å². The topological polar surface area (TPSA) is 44.9 Å². The summed E-state index contributed by atoms with van der Waals surface area (Å²) in [5, 5.41) is 4.05. The van der Waals surface area contributed by atoms with E-state index in [9.17, 15) is 9.18 Å². The van der Waals surface area contributed by atoms with E-state index in [4.69, 9.17) is 11.6 Å². The third-order valence-electron chi connectivity index (χ3n) is 4.65. The Labute approximate surface area is 143 Å². The molecule has 2 aromatic carbocycles. The second-order valence-corrected chi connectivity index (χ2v) is 6.59. The van der Waals surface area contributed by atoms with Crippen LogP contribution < -0.4 is 5.32 Å². The Morgan fingerprint density at radius 1 is 1.25 bits per heavy atom. The van der Waals surface area contributed by atoms with Crippen LogP contribution in [0.25, 0.3) is 10.9 Å². The van der Waals surface area contributed by atoms with Crippen molar-refractivity contribution in [3.63, 3.8) is 0 Å². The smallest absolute Gasteiger partial charge is 0.227 e. The van der Waals surface area contributed by atoms with Gasteiger partial charge in [-0.2, -0.15) is 0 Å². The summed E-state index contributed by atoms with van der Waals surface area (Å²) in [4.78, 5) is 16.0. The number of aromatic nitrogens is 1. The number of anilines is 1. The quantitative estimate of drug-likeness (QED) is 0.696. The zero-order valence-electron chi connectivity index (χ0n) is 12.9. The SMILES string of the molecule is O=C(Nc1ccc(F)c(Cl)c1)C1CCc2[nH]c3ccccc3c2C1. The lowest BCUT2D eigenvalue weighted by molar-refractivity contribution is -0.120. The molecule has 1 aliphatic rings. The van der Waals surface area contributed by atoms with E-state index < -0.39 is 5.82 Å². The van der Waals surface area contributed by atoms with Crippen LogP contribution in [0, 0.1) is 11.7 Å². The Hall–Kier alpha value is -2.33. The Balaban J connectivity index is 1.55. The Morgan fingerprint density at radius 2 is 2.08 bits per heavy atom. The van der Waals surface area contributed by atoms with Gasteiger partial charge in [0.2, 0.25) is 5.91 Å². The first kappa shape index (κ1) is 15.2. The molecule has 0 aliphatic heterocycles. The third-order valence-corrected chi connectivity index (χ3v) is 4.94. The number of H-pyrrole nitrogens is 1.